The summed E-state index contributed by atoms with van der Waals surface area (Å²) in [4.78, 5) is 15.8. The Bertz CT molecular complexity index is 390. The molecule has 0 saturated heterocycles. The fourth-order valence-corrected chi connectivity index (χ4v) is 1.37. The average Bonchev–Trinajstić information content (AvgIpc) is 2.38. The fraction of sp³-hybridized carbons (Fsp3) is 0.571. The van der Waals surface area contributed by atoms with Crippen molar-refractivity contribution < 1.29 is 9.53 Å². The van der Waals surface area contributed by atoms with Crippen molar-refractivity contribution in [2.24, 2.45) is 5.92 Å². The van der Waals surface area contributed by atoms with E-state index in [1.165, 1.54) is 0 Å². The van der Waals surface area contributed by atoms with E-state index in [1.54, 1.807) is 12.3 Å². The molecule has 0 fully saturated rings. The Morgan fingerprint density at radius 2 is 2.11 bits per heavy atom. The third-order valence-corrected chi connectivity index (χ3v) is 2.87. The lowest BCUT2D eigenvalue weighted by atomic mass is 10.1. The van der Waals surface area contributed by atoms with Gasteiger partial charge in [0.05, 0.1) is 25.0 Å². The zero-order valence-electron chi connectivity index (χ0n) is 12.1. The maximum absolute atomic E-state index is 11.7. The Morgan fingerprint density at radius 3 is 2.63 bits per heavy atom. The predicted octanol–water partition coefficient (Wildman–Crippen LogP) is 2.05. The van der Waals surface area contributed by atoms with E-state index in [0.29, 0.717) is 18.4 Å². The molecule has 1 aromatic heterocycles. The van der Waals surface area contributed by atoms with Crippen molar-refractivity contribution in [3.05, 3.63) is 18.3 Å². The molecule has 0 aromatic carbocycles. The molecule has 0 bridgehead atoms. The van der Waals surface area contributed by atoms with Crippen LogP contribution in [0.5, 0.6) is 5.88 Å². The van der Waals surface area contributed by atoms with E-state index >= 15 is 0 Å². The van der Waals surface area contributed by atoms with Gasteiger partial charge in [0.25, 0.3) is 0 Å². The van der Waals surface area contributed by atoms with Crippen LogP contribution in [0.1, 0.15) is 27.7 Å². The summed E-state index contributed by atoms with van der Waals surface area (Å²) in [6.45, 7) is 8.90. The van der Waals surface area contributed by atoms with Gasteiger partial charge in [-0.05, 0) is 25.8 Å². The lowest BCUT2D eigenvalue weighted by molar-refractivity contribution is -0.120. The molecule has 106 valence electrons. The Labute approximate surface area is 114 Å². The molecule has 19 heavy (non-hydrogen) atoms. The highest BCUT2D eigenvalue weighted by Gasteiger charge is 2.10. The maximum Gasteiger partial charge on any atom is 0.239 e. The van der Waals surface area contributed by atoms with Crippen molar-refractivity contribution in [1.29, 1.82) is 0 Å². The number of amides is 1. The standard InChI is InChI=1S/C14H23N3O2/c1-5-19-14-7-6-12(8-16-14)15-9-13(18)17-11(4)10(2)3/h6-8,10-11,15H,5,9H2,1-4H3,(H,17,18). The highest BCUT2D eigenvalue weighted by Crippen LogP contribution is 2.11. The van der Waals surface area contributed by atoms with E-state index in [1.807, 2.05) is 19.9 Å². The van der Waals surface area contributed by atoms with Crippen LogP contribution in [0.3, 0.4) is 0 Å². The van der Waals surface area contributed by atoms with Crippen molar-refractivity contribution in [2.45, 2.75) is 33.7 Å². The number of ether oxygens (including phenoxy) is 1. The zero-order valence-corrected chi connectivity index (χ0v) is 12.1. The summed E-state index contributed by atoms with van der Waals surface area (Å²) in [5.41, 5.74) is 0.802. The molecule has 1 unspecified atom stereocenters. The maximum atomic E-state index is 11.7. The molecular formula is C14H23N3O2. The van der Waals surface area contributed by atoms with Crippen LogP contribution in [-0.4, -0.2) is 30.1 Å². The first-order valence-electron chi connectivity index (χ1n) is 6.65. The summed E-state index contributed by atoms with van der Waals surface area (Å²) in [6, 6.07) is 3.80. The third-order valence-electron chi connectivity index (χ3n) is 2.87. The molecule has 2 N–H and O–H groups in total. The number of pyridine rings is 1. The molecule has 1 rings (SSSR count). The number of rotatable bonds is 7. The summed E-state index contributed by atoms with van der Waals surface area (Å²) in [7, 11) is 0. The van der Waals surface area contributed by atoms with Crippen molar-refractivity contribution >= 4 is 11.6 Å². The first-order valence-corrected chi connectivity index (χ1v) is 6.65. The van der Waals surface area contributed by atoms with Gasteiger partial charge >= 0.3 is 0 Å². The van der Waals surface area contributed by atoms with Crippen LogP contribution in [-0.2, 0) is 4.79 Å². The molecule has 5 heteroatoms. The minimum Gasteiger partial charge on any atom is -0.478 e. The van der Waals surface area contributed by atoms with Crippen LogP contribution in [0.25, 0.3) is 0 Å². The number of nitrogens with zero attached hydrogens (tertiary/aromatic N) is 1. The normalized spacial score (nSPS) is 12.1. The zero-order chi connectivity index (χ0) is 14.3. The minimum atomic E-state index is -0.0184. The smallest absolute Gasteiger partial charge is 0.239 e. The lowest BCUT2D eigenvalue weighted by Crippen LogP contribution is -2.39. The molecular weight excluding hydrogens is 242 g/mol. The van der Waals surface area contributed by atoms with Crippen molar-refractivity contribution in [3.8, 4) is 5.88 Å². The van der Waals surface area contributed by atoms with Gasteiger partial charge in [0.2, 0.25) is 11.8 Å². The highest BCUT2D eigenvalue weighted by atomic mass is 16.5. The highest BCUT2D eigenvalue weighted by molar-refractivity contribution is 5.80. The molecule has 1 aromatic rings. The van der Waals surface area contributed by atoms with Crippen LogP contribution in [0.4, 0.5) is 5.69 Å². The van der Waals surface area contributed by atoms with Crippen LogP contribution in [0, 0.1) is 5.92 Å². The van der Waals surface area contributed by atoms with Crippen molar-refractivity contribution in [3.63, 3.8) is 0 Å². The fourth-order valence-electron chi connectivity index (χ4n) is 1.37. The second-order valence-corrected chi connectivity index (χ2v) is 4.77. The minimum absolute atomic E-state index is 0.0184. The van der Waals surface area contributed by atoms with Gasteiger partial charge in [-0.25, -0.2) is 4.98 Å². The summed E-state index contributed by atoms with van der Waals surface area (Å²) < 4.78 is 5.25. The molecule has 0 aliphatic heterocycles. The number of hydrogen-bond donors (Lipinski definition) is 2. The summed E-state index contributed by atoms with van der Waals surface area (Å²) in [5.74, 6) is 0.997. The molecule has 0 spiro atoms. The van der Waals surface area contributed by atoms with E-state index in [4.69, 9.17) is 4.74 Å². The van der Waals surface area contributed by atoms with Gasteiger partial charge in [0.15, 0.2) is 0 Å². The van der Waals surface area contributed by atoms with Crippen LogP contribution in [0.15, 0.2) is 18.3 Å². The summed E-state index contributed by atoms with van der Waals surface area (Å²) >= 11 is 0. The van der Waals surface area contributed by atoms with Gasteiger partial charge in [0, 0.05) is 12.1 Å². The van der Waals surface area contributed by atoms with E-state index < -0.39 is 0 Å². The van der Waals surface area contributed by atoms with Crippen LogP contribution < -0.4 is 15.4 Å². The molecule has 0 aliphatic rings. The second-order valence-electron chi connectivity index (χ2n) is 4.77. The van der Waals surface area contributed by atoms with Crippen molar-refractivity contribution in [2.75, 3.05) is 18.5 Å². The Balaban J connectivity index is 2.37. The molecule has 0 saturated carbocycles. The topological polar surface area (TPSA) is 63.2 Å². The quantitative estimate of drug-likeness (QED) is 0.792. The summed E-state index contributed by atoms with van der Waals surface area (Å²) in [5, 5.41) is 5.96. The number of carbonyl (C=O) groups excluding carboxylic acids is 1. The molecule has 1 heterocycles. The Morgan fingerprint density at radius 1 is 1.37 bits per heavy atom. The van der Waals surface area contributed by atoms with Gasteiger partial charge < -0.3 is 15.4 Å². The first-order chi connectivity index (χ1) is 9.02. The lowest BCUT2D eigenvalue weighted by Gasteiger charge is -2.17. The SMILES string of the molecule is CCOc1ccc(NCC(=O)NC(C)C(C)C)cn1. The second kappa shape index (κ2) is 7.61. The largest absolute Gasteiger partial charge is 0.478 e. The average molecular weight is 265 g/mol. The van der Waals surface area contributed by atoms with Crippen molar-refractivity contribution in [1.82, 2.24) is 10.3 Å². The van der Waals surface area contributed by atoms with E-state index in [9.17, 15) is 4.79 Å². The van der Waals surface area contributed by atoms with E-state index in [2.05, 4.69) is 29.5 Å². The van der Waals surface area contributed by atoms with Gasteiger partial charge in [-0.2, -0.15) is 0 Å². The van der Waals surface area contributed by atoms with Gasteiger partial charge in [-0.1, -0.05) is 13.8 Å². The molecule has 1 amide bonds. The molecule has 0 radical (unpaired) electrons. The predicted molar refractivity (Wildman–Crippen MR) is 76.3 cm³/mol. The van der Waals surface area contributed by atoms with Crippen LogP contribution in [0.2, 0.25) is 0 Å². The molecule has 1 atom stereocenters. The van der Waals surface area contributed by atoms with Crippen LogP contribution >= 0.6 is 0 Å². The number of hydrogen-bond acceptors (Lipinski definition) is 4. The van der Waals surface area contributed by atoms with Gasteiger partial charge in [0.1, 0.15) is 0 Å². The molecule has 0 aliphatic carbocycles. The summed E-state index contributed by atoms with van der Waals surface area (Å²) in [6.07, 6.45) is 1.66. The number of nitrogens with one attached hydrogen (secondary N) is 2. The van der Waals surface area contributed by atoms with E-state index in [0.717, 1.165) is 5.69 Å². The Kier molecular flexibility index (Phi) is 6.12. The number of carbonyl (C=O) groups is 1. The molecule has 5 nitrogen and oxygen atoms in total. The monoisotopic (exact) mass is 265 g/mol. The third kappa shape index (κ3) is 5.59. The first kappa shape index (κ1) is 15.3. The van der Waals surface area contributed by atoms with Gasteiger partial charge in [-0.3, -0.25) is 4.79 Å². The number of anilines is 1. The van der Waals surface area contributed by atoms with Gasteiger partial charge in [-0.15, -0.1) is 0 Å². The Hall–Kier alpha value is -1.78. The van der Waals surface area contributed by atoms with E-state index in [-0.39, 0.29) is 18.5 Å². The number of aromatic nitrogens is 1.